The number of carbonyl (C=O) groups excluding carboxylic acids is 2. The van der Waals surface area contributed by atoms with Crippen molar-refractivity contribution in [2.24, 2.45) is 5.73 Å². The number of aromatic hydroxyl groups is 1. The molecule has 0 radical (unpaired) electrons. The lowest BCUT2D eigenvalue weighted by atomic mass is 9.85. The molecule has 1 amide bonds. The number of phenols is 1. The van der Waals surface area contributed by atoms with Gasteiger partial charge >= 0.3 is 0 Å². The molecule has 4 N–H and O–H groups in total. The minimum atomic E-state index is -0.579. The molecule has 0 saturated heterocycles. The van der Waals surface area contributed by atoms with Gasteiger partial charge in [-0.15, -0.1) is 0 Å². The second kappa shape index (κ2) is 5.23. The van der Waals surface area contributed by atoms with Gasteiger partial charge in [0.2, 0.25) is 0 Å². The van der Waals surface area contributed by atoms with Crippen LogP contribution in [0.1, 0.15) is 41.2 Å². The Kier molecular flexibility index (Phi) is 3.16. The van der Waals surface area contributed by atoms with Gasteiger partial charge in [-0.3, -0.25) is 9.59 Å². The van der Waals surface area contributed by atoms with E-state index in [4.69, 9.17) is 5.73 Å². The molecule has 0 fully saturated rings. The maximum atomic E-state index is 12.6. The molecule has 1 atom stereocenters. The fourth-order valence-electron chi connectivity index (χ4n) is 3.44. The van der Waals surface area contributed by atoms with Crippen molar-refractivity contribution in [2.75, 3.05) is 5.32 Å². The summed E-state index contributed by atoms with van der Waals surface area (Å²) in [7, 11) is 0. The molecule has 0 unspecified atom stereocenters. The number of hydrogen-bond donors (Lipinski definition) is 3. The number of carbonyl (C=O) groups is 2. The topological polar surface area (TPSA) is 110 Å². The Hall–Kier alpha value is -3.09. The SMILES string of the molecule is NC(=O)c1cnn2c1NC1=C(C(=O)CCC1)[C@@H]2c1cccc(O)c1. The van der Waals surface area contributed by atoms with Crippen molar-refractivity contribution in [1.29, 1.82) is 0 Å². The Morgan fingerprint density at radius 1 is 1.38 bits per heavy atom. The number of aromatic nitrogens is 2. The van der Waals surface area contributed by atoms with E-state index in [0.29, 0.717) is 17.8 Å². The lowest BCUT2D eigenvalue weighted by Crippen LogP contribution is -2.32. The van der Waals surface area contributed by atoms with Crippen LogP contribution < -0.4 is 11.1 Å². The number of ketones is 1. The molecule has 0 bridgehead atoms. The maximum absolute atomic E-state index is 12.6. The van der Waals surface area contributed by atoms with Crippen LogP contribution in [0.15, 0.2) is 41.7 Å². The number of nitrogens with one attached hydrogen (secondary N) is 1. The zero-order chi connectivity index (χ0) is 16.8. The number of nitrogens with two attached hydrogens (primary N) is 1. The molecule has 2 aromatic rings. The molecular formula is C17H16N4O3. The molecule has 0 spiro atoms. The lowest BCUT2D eigenvalue weighted by molar-refractivity contribution is -0.116. The highest BCUT2D eigenvalue weighted by Gasteiger charge is 2.37. The molecule has 0 saturated carbocycles. The zero-order valence-corrected chi connectivity index (χ0v) is 12.8. The molecule has 1 aromatic carbocycles. The van der Waals surface area contributed by atoms with Crippen molar-refractivity contribution >= 4 is 17.5 Å². The average Bonchev–Trinajstić information content (AvgIpc) is 2.97. The number of amides is 1. The Balaban J connectivity index is 1.95. The Morgan fingerprint density at radius 3 is 2.96 bits per heavy atom. The van der Waals surface area contributed by atoms with Gasteiger partial charge in [-0.25, -0.2) is 4.68 Å². The first-order valence-electron chi connectivity index (χ1n) is 7.76. The monoisotopic (exact) mass is 324 g/mol. The van der Waals surface area contributed by atoms with E-state index < -0.39 is 11.9 Å². The van der Waals surface area contributed by atoms with E-state index in [1.165, 1.54) is 6.20 Å². The number of primary amides is 1. The van der Waals surface area contributed by atoms with Crippen molar-refractivity contribution in [3.63, 3.8) is 0 Å². The van der Waals surface area contributed by atoms with Crippen molar-refractivity contribution < 1.29 is 14.7 Å². The molecule has 4 rings (SSSR count). The largest absolute Gasteiger partial charge is 0.508 e. The van der Waals surface area contributed by atoms with Crippen LogP contribution in [0.5, 0.6) is 5.75 Å². The number of rotatable bonds is 2. The molecule has 2 heterocycles. The van der Waals surface area contributed by atoms with Gasteiger partial charge in [0, 0.05) is 17.7 Å². The number of allylic oxidation sites excluding steroid dienone is 2. The van der Waals surface area contributed by atoms with E-state index in [9.17, 15) is 14.7 Å². The first-order chi connectivity index (χ1) is 11.6. The van der Waals surface area contributed by atoms with Gasteiger partial charge < -0.3 is 16.2 Å². The van der Waals surface area contributed by atoms with Crippen LogP contribution in [0, 0.1) is 0 Å². The van der Waals surface area contributed by atoms with Gasteiger partial charge in [-0.1, -0.05) is 12.1 Å². The van der Waals surface area contributed by atoms with Crippen LogP contribution >= 0.6 is 0 Å². The normalized spacial score (nSPS) is 19.5. The molecule has 122 valence electrons. The number of benzene rings is 1. The highest BCUT2D eigenvalue weighted by Crippen LogP contribution is 2.41. The quantitative estimate of drug-likeness (QED) is 0.779. The first kappa shape index (κ1) is 14.5. The highest BCUT2D eigenvalue weighted by atomic mass is 16.3. The van der Waals surface area contributed by atoms with Crippen molar-refractivity contribution in [3.05, 3.63) is 52.9 Å². The third kappa shape index (κ3) is 2.09. The van der Waals surface area contributed by atoms with Gasteiger partial charge in [-0.2, -0.15) is 5.10 Å². The summed E-state index contributed by atoms with van der Waals surface area (Å²) in [6, 6.07) is 6.25. The number of fused-ring (bicyclic) bond motifs is 1. The number of anilines is 1. The van der Waals surface area contributed by atoms with Crippen LogP contribution in [0.4, 0.5) is 5.82 Å². The number of Topliss-reactive ketones (excluding diaryl/α,β-unsaturated/α-hetero) is 1. The van der Waals surface area contributed by atoms with Crippen molar-refractivity contribution in [2.45, 2.75) is 25.3 Å². The summed E-state index contributed by atoms with van der Waals surface area (Å²) < 4.78 is 1.59. The van der Waals surface area contributed by atoms with Crippen LogP contribution in [0.25, 0.3) is 0 Å². The Bertz CT molecular complexity index is 897. The molecule has 2 aliphatic rings. The van der Waals surface area contributed by atoms with Crippen LogP contribution in [-0.2, 0) is 4.79 Å². The minimum Gasteiger partial charge on any atom is -0.508 e. The van der Waals surface area contributed by atoms with E-state index >= 15 is 0 Å². The molecule has 1 aromatic heterocycles. The summed E-state index contributed by atoms with van der Waals surface area (Å²) in [5, 5.41) is 17.3. The smallest absolute Gasteiger partial charge is 0.254 e. The van der Waals surface area contributed by atoms with Crippen LogP contribution in [-0.4, -0.2) is 26.6 Å². The predicted octanol–water partition coefficient (Wildman–Crippen LogP) is 1.71. The minimum absolute atomic E-state index is 0.0545. The third-order valence-electron chi connectivity index (χ3n) is 4.49. The predicted molar refractivity (Wildman–Crippen MR) is 86.5 cm³/mol. The van der Waals surface area contributed by atoms with Gasteiger partial charge in [0.15, 0.2) is 5.78 Å². The van der Waals surface area contributed by atoms with Crippen LogP contribution in [0.2, 0.25) is 0 Å². The molecule has 7 nitrogen and oxygen atoms in total. The molecule has 24 heavy (non-hydrogen) atoms. The number of phenolic OH excluding ortho intramolecular Hbond substituents is 1. The van der Waals surface area contributed by atoms with E-state index in [-0.39, 0.29) is 17.1 Å². The van der Waals surface area contributed by atoms with Gasteiger partial charge in [0.05, 0.1) is 6.20 Å². The van der Waals surface area contributed by atoms with Gasteiger partial charge in [-0.05, 0) is 30.5 Å². The molecule has 7 heteroatoms. The summed E-state index contributed by atoms with van der Waals surface area (Å²) in [5.74, 6) is 0.0769. The lowest BCUT2D eigenvalue weighted by Gasteiger charge is -2.33. The van der Waals surface area contributed by atoms with E-state index in [1.807, 2.05) is 6.07 Å². The van der Waals surface area contributed by atoms with Crippen molar-refractivity contribution in [3.8, 4) is 5.75 Å². The Labute approximate surface area is 137 Å². The number of hydrogen-bond acceptors (Lipinski definition) is 5. The molecule has 1 aliphatic carbocycles. The number of nitrogens with zero attached hydrogens (tertiary/aromatic N) is 2. The summed E-state index contributed by atoms with van der Waals surface area (Å²) in [4.78, 5) is 24.2. The molecular weight excluding hydrogens is 308 g/mol. The third-order valence-corrected chi connectivity index (χ3v) is 4.49. The van der Waals surface area contributed by atoms with E-state index in [0.717, 1.165) is 24.1 Å². The first-order valence-corrected chi connectivity index (χ1v) is 7.76. The summed E-state index contributed by atoms with van der Waals surface area (Å²) in [5.41, 5.74) is 7.89. The fourth-order valence-corrected chi connectivity index (χ4v) is 3.44. The second-order valence-electron chi connectivity index (χ2n) is 6.01. The van der Waals surface area contributed by atoms with E-state index in [1.54, 1.807) is 22.9 Å². The Morgan fingerprint density at radius 2 is 2.21 bits per heavy atom. The van der Waals surface area contributed by atoms with E-state index in [2.05, 4.69) is 10.4 Å². The summed E-state index contributed by atoms with van der Waals surface area (Å²) in [6.07, 6.45) is 3.37. The average molecular weight is 324 g/mol. The fraction of sp³-hybridized carbons (Fsp3) is 0.235. The van der Waals surface area contributed by atoms with Gasteiger partial charge in [0.25, 0.3) is 5.91 Å². The summed E-state index contributed by atoms with van der Waals surface area (Å²) in [6.45, 7) is 0. The zero-order valence-electron chi connectivity index (χ0n) is 12.8. The van der Waals surface area contributed by atoms with Crippen molar-refractivity contribution in [1.82, 2.24) is 9.78 Å². The second-order valence-corrected chi connectivity index (χ2v) is 6.01. The van der Waals surface area contributed by atoms with Gasteiger partial charge in [0.1, 0.15) is 23.2 Å². The molecule has 1 aliphatic heterocycles. The van der Waals surface area contributed by atoms with Crippen LogP contribution in [0.3, 0.4) is 0 Å². The maximum Gasteiger partial charge on any atom is 0.254 e. The standard InChI is InChI=1S/C17H16N4O3/c18-16(24)11-8-19-21-15(9-3-1-4-10(22)7-9)14-12(20-17(11)21)5-2-6-13(14)23/h1,3-4,7-8,15,20,22H,2,5-6H2,(H2,18,24)/t15-/m0/s1. The highest BCUT2D eigenvalue weighted by molar-refractivity contribution is 6.02. The summed E-state index contributed by atoms with van der Waals surface area (Å²) >= 11 is 0.